The molecule has 0 radical (unpaired) electrons. The fraction of sp³-hybridized carbons (Fsp3) is 0.520. The minimum absolute atomic E-state index is 0.141. The van der Waals surface area contributed by atoms with Gasteiger partial charge in [0.2, 0.25) is 0 Å². The molecule has 3 N–H and O–H groups in total. The van der Waals surface area contributed by atoms with E-state index in [2.05, 4.69) is 31.2 Å². The van der Waals surface area contributed by atoms with E-state index in [0.717, 1.165) is 30.4 Å². The van der Waals surface area contributed by atoms with Gasteiger partial charge in [0.1, 0.15) is 36.3 Å². The minimum Gasteiger partial charge on any atom is -0.493 e. The van der Waals surface area contributed by atoms with Gasteiger partial charge in [0.05, 0.1) is 13.2 Å². The zero-order valence-electron chi connectivity index (χ0n) is 18.2. The number of halogens is 1. The van der Waals surface area contributed by atoms with Crippen LogP contribution >= 0.6 is 11.6 Å². The molecular weight excluding hydrogens is 432 g/mol. The molecule has 174 valence electrons. The Bertz CT molecular complexity index is 902. The van der Waals surface area contributed by atoms with Gasteiger partial charge < -0.3 is 29.5 Å². The maximum Gasteiger partial charge on any atom is 0.126 e. The first-order valence-electron chi connectivity index (χ1n) is 11.3. The number of rotatable bonds is 3. The molecule has 2 aromatic rings. The van der Waals surface area contributed by atoms with Crippen LogP contribution in [0.3, 0.4) is 0 Å². The fourth-order valence-corrected chi connectivity index (χ4v) is 4.47. The predicted octanol–water partition coefficient (Wildman–Crippen LogP) is 3.21. The number of benzene rings is 2. The van der Waals surface area contributed by atoms with E-state index in [-0.39, 0.29) is 6.61 Å². The van der Waals surface area contributed by atoms with E-state index < -0.39 is 30.5 Å². The molecule has 2 aliphatic heterocycles. The van der Waals surface area contributed by atoms with Gasteiger partial charge in [-0.1, -0.05) is 42.8 Å². The number of hydrogen-bond acceptors (Lipinski definition) is 6. The van der Waals surface area contributed by atoms with Gasteiger partial charge in [-0.3, -0.25) is 0 Å². The topological polar surface area (TPSA) is 88.4 Å². The smallest absolute Gasteiger partial charge is 0.126 e. The lowest BCUT2D eigenvalue weighted by atomic mass is 9.89. The van der Waals surface area contributed by atoms with Crippen LogP contribution in [-0.4, -0.2) is 59.6 Å². The van der Waals surface area contributed by atoms with Crippen molar-refractivity contribution in [3.8, 4) is 5.75 Å². The van der Waals surface area contributed by atoms with Gasteiger partial charge in [0.25, 0.3) is 0 Å². The molecule has 0 spiro atoms. The third kappa shape index (κ3) is 5.11. The van der Waals surface area contributed by atoms with E-state index in [9.17, 15) is 15.3 Å². The molecule has 5 atom stereocenters. The molecule has 6 nitrogen and oxygen atoms in total. The first-order valence-corrected chi connectivity index (χ1v) is 11.7. The molecule has 2 bridgehead atoms. The van der Waals surface area contributed by atoms with Gasteiger partial charge in [0.15, 0.2) is 0 Å². The van der Waals surface area contributed by atoms with Gasteiger partial charge in [-0.2, -0.15) is 0 Å². The molecule has 0 saturated carbocycles. The molecule has 0 amide bonds. The molecule has 7 heteroatoms. The Labute approximate surface area is 193 Å². The summed E-state index contributed by atoms with van der Waals surface area (Å²) in [6.45, 7) is 3.24. The van der Waals surface area contributed by atoms with Crippen molar-refractivity contribution in [3.05, 3.63) is 63.7 Å². The average molecular weight is 463 g/mol. The predicted molar refractivity (Wildman–Crippen MR) is 121 cm³/mol. The van der Waals surface area contributed by atoms with Crippen LogP contribution in [0.4, 0.5) is 0 Å². The van der Waals surface area contributed by atoms with Crippen LogP contribution < -0.4 is 4.74 Å². The number of aryl methyl sites for hydroxylation is 1. The summed E-state index contributed by atoms with van der Waals surface area (Å²) in [6.07, 6.45) is -2.37. The molecule has 1 saturated heterocycles. The Morgan fingerprint density at radius 3 is 2.41 bits per heavy atom. The number of ether oxygens (including phenoxy) is 3. The summed E-state index contributed by atoms with van der Waals surface area (Å²) < 4.78 is 17.7. The Balaban J connectivity index is 1.70. The van der Waals surface area contributed by atoms with E-state index in [0.29, 0.717) is 36.0 Å². The van der Waals surface area contributed by atoms with Crippen molar-refractivity contribution in [2.45, 2.75) is 63.1 Å². The van der Waals surface area contributed by atoms with E-state index in [1.807, 2.05) is 6.07 Å². The van der Waals surface area contributed by atoms with Crippen LogP contribution in [0.2, 0.25) is 5.02 Å². The van der Waals surface area contributed by atoms with Gasteiger partial charge in [0, 0.05) is 17.2 Å². The van der Waals surface area contributed by atoms with Crippen molar-refractivity contribution in [1.82, 2.24) is 0 Å². The Morgan fingerprint density at radius 2 is 1.66 bits per heavy atom. The highest BCUT2D eigenvalue weighted by Crippen LogP contribution is 2.40. The lowest BCUT2D eigenvalue weighted by Gasteiger charge is -2.41. The van der Waals surface area contributed by atoms with Crippen LogP contribution in [-0.2, 0) is 22.3 Å². The van der Waals surface area contributed by atoms with E-state index >= 15 is 0 Å². The fourth-order valence-electron chi connectivity index (χ4n) is 4.25. The molecule has 32 heavy (non-hydrogen) atoms. The minimum atomic E-state index is -1.36. The summed E-state index contributed by atoms with van der Waals surface area (Å²) in [5.74, 6) is 0.521. The van der Waals surface area contributed by atoms with Crippen LogP contribution in [0.25, 0.3) is 0 Å². The van der Waals surface area contributed by atoms with Crippen molar-refractivity contribution in [3.63, 3.8) is 0 Å². The largest absolute Gasteiger partial charge is 0.493 e. The lowest BCUT2D eigenvalue weighted by Crippen LogP contribution is -2.55. The van der Waals surface area contributed by atoms with Gasteiger partial charge in [-0.15, -0.1) is 0 Å². The highest BCUT2D eigenvalue weighted by atomic mass is 35.5. The second kappa shape index (κ2) is 10.5. The second-order valence-electron chi connectivity index (χ2n) is 8.53. The van der Waals surface area contributed by atoms with Gasteiger partial charge >= 0.3 is 0 Å². The third-order valence-electron chi connectivity index (χ3n) is 6.25. The maximum absolute atomic E-state index is 10.8. The van der Waals surface area contributed by atoms with Gasteiger partial charge in [-0.05, 0) is 54.5 Å². The van der Waals surface area contributed by atoms with Gasteiger partial charge in [-0.25, -0.2) is 0 Å². The number of hydrogen-bond donors (Lipinski definition) is 3. The molecule has 5 unspecified atom stereocenters. The molecule has 0 aromatic heterocycles. The Kier molecular flexibility index (Phi) is 7.71. The first-order chi connectivity index (χ1) is 15.5. The highest BCUT2D eigenvalue weighted by Gasteiger charge is 2.45. The molecule has 2 aromatic carbocycles. The molecule has 0 aliphatic carbocycles. The molecule has 1 fully saturated rings. The first kappa shape index (κ1) is 23.5. The standard InChI is InChI=1S/C25H31ClO6/c1-2-15-5-7-16(8-6-15)11-17-12-18-20(13-19(17)26)31-10-4-3-9-30-14-21-22(27)23(28)24(29)25(18)32-21/h5-8,12-13,21-25,27-29H,2-4,9-11,14H2,1H3. The van der Waals surface area contributed by atoms with Crippen LogP contribution in [0, 0.1) is 0 Å². The Hall–Kier alpha value is -1.67. The summed E-state index contributed by atoms with van der Waals surface area (Å²) >= 11 is 6.62. The van der Waals surface area contributed by atoms with E-state index in [1.54, 1.807) is 6.07 Å². The average Bonchev–Trinajstić information content (AvgIpc) is 2.79. The van der Waals surface area contributed by atoms with Crippen molar-refractivity contribution in [2.24, 2.45) is 0 Å². The zero-order valence-corrected chi connectivity index (χ0v) is 19.0. The SMILES string of the molecule is CCc1ccc(Cc2cc3c(cc2Cl)OCCCCOCC2OC3C(O)C(O)C2O)cc1. The van der Waals surface area contributed by atoms with Crippen molar-refractivity contribution in [1.29, 1.82) is 0 Å². The highest BCUT2D eigenvalue weighted by molar-refractivity contribution is 6.31. The summed E-state index contributed by atoms with van der Waals surface area (Å²) in [4.78, 5) is 0. The normalized spacial score (nSPS) is 28.7. The maximum atomic E-state index is 10.8. The number of aliphatic hydroxyl groups excluding tert-OH is 3. The molecular formula is C25H31ClO6. The van der Waals surface area contributed by atoms with E-state index in [1.165, 1.54) is 5.56 Å². The van der Waals surface area contributed by atoms with Crippen LogP contribution in [0.5, 0.6) is 5.75 Å². The number of aliphatic hydroxyl groups is 3. The van der Waals surface area contributed by atoms with Crippen molar-refractivity contribution >= 4 is 11.6 Å². The van der Waals surface area contributed by atoms with Crippen molar-refractivity contribution in [2.75, 3.05) is 19.8 Å². The summed E-state index contributed by atoms with van der Waals surface area (Å²) in [5.41, 5.74) is 3.86. The molecule has 2 aliphatic rings. The van der Waals surface area contributed by atoms with Crippen LogP contribution in [0.15, 0.2) is 36.4 Å². The summed E-state index contributed by atoms with van der Waals surface area (Å²) in [6, 6.07) is 12.0. The lowest BCUT2D eigenvalue weighted by molar-refractivity contribution is -0.235. The zero-order chi connectivity index (χ0) is 22.7. The summed E-state index contributed by atoms with van der Waals surface area (Å²) in [5, 5.41) is 32.2. The monoisotopic (exact) mass is 462 g/mol. The molecule has 4 rings (SSSR count). The van der Waals surface area contributed by atoms with Crippen molar-refractivity contribution < 1.29 is 29.5 Å². The second-order valence-corrected chi connectivity index (χ2v) is 8.93. The summed E-state index contributed by atoms with van der Waals surface area (Å²) in [7, 11) is 0. The van der Waals surface area contributed by atoms with E-state index in [4.69, 9.17) is 25.8 Å². The number of fused-ring (bicyclic) bond motifs is 4. The third-order valence-corrected chi connectivity index (χ3v) is 6.60. The van der Waals surface area contributed by atoms with Crippen LogP contribution in [0.1, 0.15) is 48.1 Å². The Morgan fingerprint density at radius 1 is 0.938 bits per heavy atom. The quantitative estimate of drug-likeness (QED) is 0.649. The molecule has 2 heterocycles.